The highest BCUT2D eigenvalue weighted by Crippen LogP contribution is 2.22. The van der Waals surface area contributed by atoms with Gasteiger partial charge in [0.05, 0.1) is 19.0 Å². The van der Waals surface area contributed by atoms with E-state index in [1.807, 2.05) is 47.4 Å². The van der Waals surface area contributed by atoms with Gasteiger partial charge in [-0.1, -0.05) is 36.4 Å². The summed E-state index contributed by atoms with van der Waals surface area (Å²) in [6.07, 6.45) is 3.31. The Kier molecular flexibility index (Phi) is 5.75. The molecule has 0 saturated carbocycles. The van der Waals surface area contributed by atoms with Gasteiger partial charge in [-0.25, -0.2) is 13.9 Å². The van der Waals surface area contributed by atoms with Crippen molar-refractivity contribution in [3.63, 3.8) is 0 Å². The molecule has 1 saturated heterocycles. The third-order valence-corrected chi connectivity index (χ3v) is 5.98. The molecule has 0 radical (unpaired) electrons. The van der Waals surface area contributed by atoms with Crippen LogP contribution in [-0.2, 0) is 6.54 Å². The Morgan fingerprint density at radius 2 is 1.85 bits per heavy atom. The van der Waals surface area contributed by atoms with Crippen molar-refractivity contribution in [3.8, 4) is 17.0 Å². The van der Waals surface area contributed by atoms with Crippen molar-refractivity contribution in [2.75, 3.05) is 33.3 Å². The van der Waals surface area contributed by atoms with Crippen molar-refractivity contribution in [2.45, 2.75) is 6.54 Å². The van der Waals surface area contributed by atoms with Gasteiger partial charge in [-0.15, -0.1) is 0 Å². The molecule has 3 heterocycles. The summed E-state index contributed by atoms with van der Waals surface area (Å²) in [6, 6.07) is 16.8. The number of nitrogens with zero attached hydrogens (tertiary/aromatic N) is 5. The van der Waals surface area contributed by atoms with E-state index in [2.05, 4.69) is 15.0 Å². The highest BCUT2D eigenvalue weighted by Gasteiger charge is 2.25. The molecule has 0 N–H and O–H groups in total. The van der Waals surface area contributed by atoms with Crippen LogP contribution in [0.15, 0.2) is 67.0 Å². The third-order valence-electron chi connectivity index (χ3n) is 5.98. The highest BCUT2D eigenvalue weighted by molar-refractivity contribution is 6.00. The second-order valence-electron chi connectivity index (χ2n) is 8.03. The Morgan fingerprint density at radius 1 is 1.06 bits per heavy atom. The molecule has 168 valence electrons. The van der Waals surface area contributed by atoms with Crippen LogP contribution in [0.1, 0.15) is 15.9 Å². The molecule has 1 fully saturated rings. The predicted molar refractivity (Wildman–Crippen MR) is 123 cm³/mol. The van der Waals surface area contributed by atoms with Gasteiger partial charge in [-0.05, 0) is 23.8 Å². The van der Waals surface area contributed by atoms with Gasteiger partial charge < -0.3 is 9.64 Å². The lowest BCUT2D eigenvalue weighted by Gasteiger charge is -2.34. The molecule has 2 aromatic carbocycles. The van der Waals surface area contributed by atoms with E-state index in [0.717, 1.165) is 16.8 Å². The highest BCUT2D eigenvalue weighted by atomic mass is 19.1. The molecule has 1 aliphatic heterocycles. The number of halogens is 1. The molecule has 4 aromatic rings. The minimum atomic E-state index is -0.362. The molecule has 2 aromatic heterocycles. The molecule has 0 spiro atoms. The van der Waals surface area contributed by atoms with Crippen LogP contribution in [0.4, 0.5) is 4.39 Å². The normalized spacial score (nSPS) is 14.5. The Balaban J connectivity index is 1.28. The molecular formula is C25H24FN5O2. The lowest BCUT2D eigenvalue weighted by molar-refractivity contribution is 0.0630. The zero-order valence-corrected chi connectivity index (χ0v) is 18.3. The number of aromatic nitrogens is 3. The van der Waals surface area contributed by atoms with Gasteiger partial charge in [0.2, 0.25) is 0 Å². The summed E-state index contributed by atoms with van der Waals surface area (Å²) in [6.45, 7) is 3.23. The first-order valence-corrected chi connectivity index (χ1v) is 10.9. The predicted octanol–water partition coefficient (Wildman–Crippen LogP) is 3.50. The smallest absolute Gasteiger partial charge is 0.259 e. The third kappa shape index (κ3) is 4.17. The zero-order chi connectivity index (χ0) is 22.8. The number of carbonyl (C=O) groups is 1. The molecular weight excluding hydrogens is 421 g/mol. The summed E-state index contributed by atoms with van der Waals surface area (Å²) in [4.78, 5) is 21.7. The zero-order valence-electron chi connectivity index (χ0n) is 18.3. The first kappa shape index (κ1) is 21.1. The van der Waals surface area contributed by atoms with Crippen LogP contribution < -0.4 is 4.74 Å². The fourth-order valence-electron chi connectivity index (χ4n) is 4.22. The Morgan fingerprint density at radius 3 is 2.58 bits per heavy atom. The van der Waals surface area contributed by atoms with Crippen LogP contribution in [0.5, 0.6) is 5.75 Å². The van der Waals surface area contributed by atoms with Crippen LogP contribution in [0.2, 0.25) is 0 Å². The standard InChI is InChI=1S/C25H24FN5O2/c1-33-23-8-7-18(15-21(23)26)17-29-11-13-30(14-12-29)25(32)20-16-28-31-22(9-10-27-24(20)31)19-5-3-2-4-6-19/h2-10,15-16H,11-14,17H2,1H3. The quantitative estimate of drug-likeness (QED) is 0.471. The van der Waals surface area contributed by atoms with Gasteiger partial charge in [0.25, 0.3) is 5.91 Å². The number of piperazine rings is 1. The molecule has 0 atom stereocenters. The first-order chi connectivity index (χ1) is 16.1. The van der Waals surface area contributed by atoms with Crippen LogP contribution >= 0.6 is 0 Å². The van der Waals surface area contributed by atoms with Gasteiger partial charge in [0.1, 0.15) is 5.56 Å². The summed E-state index contributed by atoms with van der Waals surface area (Å²) in [5.74, 6) is -0.191. The lowest BCUT2D eigenvalue weighted by Crippen LogP contribution is -2.48. The average molecular weight is 445 g/mol. The summed E-state index contributed by atoms with van der Waals surface area (Å²) >= 11 is 0. The molecule has 8 heteroatoms. The number of hydrogen-bond acceptors (Lipinski definition) is 5. The Hall–Kier alpha value is -3.78. The Labute approximate surface area is 191 Å². The minimum Gasteiger partial charge on any atom is -0.494 e. The van der Waals surface area contributed by atoms with Gasteiger partial charge in [-0.2, -0.15) is 5.10 Å². The van der Waals surface area contributed by atoms with E-state index in [0.29, 0.717) is 43.9 Å². The molecule has 0 unspecified atom stereocenters. The number of fused-ring (bicyclic) bond motifs is 1. The van der Waals surface area contributed by atoms with E-state index in [1.165, 1.54) is 13.2 Å². The molecule has 0 bridgehead atoms. The summed E-state index contributed by atoms with van der Waals surface area (Å²) in [5.41, 5.74) is 3.83. The number of hydrogen-bond donors (Lipinski definition) is 0. The number of benzene rings is 2. The number of methoxy groups -OCH3 is 1. The molecule has 0 aliphatic carbocycles. The van der Waals surface area contributed by atoms with E-state index in [-0.39, 0.29) is 17.5 Å². The number of rotatable bonds is 5. The molecule has 7 nitrogen and oxygen atoms in total. The average Bonchev–Trinajstić information content (AvgIpc) is 3.29. The van der Waals surface area contributed by atoms with Gasteiger partial charge in [0.15, 0.2) is 17.2 Å². The maximum atomic E-state index is 14.0. The van der Waals surface area contributed by atoms with Crippen LogP contribution in [-0.4, -0.2) is 63.6 Å². The molecule has 1 amide bonds. The summed E-state index contributed by atoms with van der Waals surface area (Å²) in [5, 5.41) is 4.45. The topological polar surface area (TPSA) is 63.0 Å². The number of amides is 1. The summed E-state index contributed by atoms with van der Waals surface area (Å²) < 4.78 is 20.7. The van der Waals surface area contributed by atoms with Gasteiger partial charge >= 0.3 is 0 Å². The maximum Gasteiger partial charge on any atom is 0.259 e. The van der Waals surface area contributed by atoms with Crippen molar-refractivity contribution in [2.24, 2.45) is 0 Å². The second-order valence-corrected chi connectivity index (χ2v) is 8.03. The monoisotopic (exact) mass is 445 g/mol. The fraction of sp³-hybridized carbons (Fsp3) is 0.240. The number of ether oxygens (including phenoxy) is 1. The lowest BCUT2D eigenvalue weighted by atomic mass is 10.1. The van der Waals surface area contributed by atoms with E-state index < -0.39 is 0 Å². The van der Waals surface area contributed by atoms with Crippen LogP contribution in [0, 0.1) is 5.82 Å². The van der Waals surface area contributed by atoms with E-state index in [9.17, 15) is 9.18 Å². The largest absolute Gasteiger partial charge is 0.494 e. The second kappa shape index (κ2) is 8.99. The molecule has 1 aliphatic rings. The van der Waals surface area contributed by atoms with Gasteiger partial charge in [0, 0.05) is 44.5 Å². The molecule has 33 heavy (non-hydrogen) atoms. The van der Waals surface area contributed by atoms with E-state index in [4.69, 9.17) is 4.74 Å². The van der Waals surface area contributed by atoms with Crippen LogP contribution in [0.3, 0.4) is 0 Å². The Bertz CT molecular complexity index is 1280. The SMILES string of the molecule is COc1ccc(CN2CCN(C(=O)c3cnn4c(-c5ccccc5)ccnc34)CC2)cc1F. The van der Waals surface area contributed by atoms with Crippen molar-refractivity contribution in [1.29, 1.82) is 0 Å². The number of carbonyl (C=O) groups excluding carboxylic acids is 1. The van der Waals surface area contributed by atoms with E-state index in [1.54, 1.807) is 23.0 Å². The minimum absolute atomic E-state index is 0.0714. The van der Waals surface area contributed by atoms with Crippen molar-refractivity contribution >= 4 is 11.6 Å². The van der Waals surface area contributed by atoms with E-state index >= 15 is 0 Å². The molecule has 5 rings (SSSR count). The van der Waals surface area contributed by atoms with Crippen molar-refractivity contribution in [3.05, 3.63) is 83.9 Å². The van der Waals surface area contributed by atoms with Gasteiger partial charge in [-0.3, -0.25) is 9.69 Å². The fourth-order valence-corrected chi connectivity index (χ4v) is 4.22. The van der Waals surface area contributed by atoms with Crippen molar-refractivity contribution in [1.82, 2.24) is 24.4 Å². The van der Waals surface area contributed by atoms with Crippen molar-refractivity contribution < 1.29 is 13.9 Å². The first-order valence-electron chi connectivity index (χ1n) is 10.9. The maximum absolute atomic E-state index is 14.0. The summed E-state index contributed by atoms with van der Waals surface area (Å²) in [7, 11) is 1.45. The van der Waals surface area contributed by atoms with Crippen LogP contribution in [0.25, 0.3) is 16.9 Å².